The van der Waals surface area contributed by atoms with Gasteiger partial charge in [-0.2, -0.15) is 0 Å². The molecule has 0 rings (SSSR count). The van der Waals surface area contributed by atoms with Gasteiger partial charge in [0.2, 0.25) is 5.91 Å². The molecule has 182 valence electrons. The van der Waals surface area contributed by atoms with Crippen molar-refractivity contribution in [3.05, 3.63) is 12.2 Å². The molecular weight excluding hydrogens is 386 g/mol. The second-order valence-electron chi connectivity index (χ2n) is 9.29. The first kappa shape index (κ1) is 29.7. The van der Waals surface area contributed by atoms with E-state index in [0.717, 1.165) is 38.5 Å². The van der Waals surface area contributed by atoms with Crippen LogP contribution in [0.15, 0.2) is 12.2 Å². The summed E-state index contributed by atoms with van der Waals surface area (Å²) in [6, 6.07) is 0. The smallest absolute Gasteiger partial charge is 0.303 e. The van der Waals surface area contributed by atoms with E-state index in [1.165, 1.54) is 77.0 Å². The fourth-order valence-corrected chi connectivity index (χ4v) is 3.99. The Morgan fingerprint density at radius 2 is 1.23 bits per heavy atom. The number of amides is 1. The molecule has 0 saturated heterocycles. The van der Waals surface area contributed by atoms with Crippen molar-refractivity contribution < 1.29 is 14.7 Å². The number of carboxylic acid groups (broad SMARTS) is 1. The van der Waals surface area contributed by atoms with Gasteiger partial charge in [0, 0.05) is 20.5 Å². The standard InChI is InChI=1S/C27H51NO3/c1-4-5-6-7-8-9-10-11-12-13-14-15-16-19-22-25(27(31)28(2)3)23-20-17-18-21-24-26(29)30/h19,22,25H,4-18,20-21,23-24H2,1-3H3,(H,29,30)/b22-19-. The number of nitrogens with zero attached hydrogens (tertiary/aromatic N) is 1. The van der Waals surface area contributed by atoms with Gasteiger partial charge in [-0.25, -0.2) is 0 Å². The maximum atomic E-state index is 12.4. The van der Waals surface area contributed by atoms with E-state index in [1.54, 1.807) is 4.90 Å². The molecule has 0 aliphatic heterocycles. The summed E-state index contributed by atoms with van der Waals surface area (Å²) in [5.41, 5.74) is 0. The molecule has 0 fully saturated rings. The summed E-state index contributed by atoms with van der Waals surface area (Å²) < 4.78 is 0. The van der Waals surface area contributed by atoms with Gasteiger partial charge in [0.25, 0.3) is 0 Å². The molecule has 1 N–H and O–H groups in total. The number of aliphatic carboxylic acids is 1. The molecule has 0 aliphatic carbocycles. The predicted octanol–water partition coefficient (Wildman–Crippen LogP) is 7.76. The number of rotatable bonds is 22. The average Bonchev–Trinajstić information content (AvgIpc) is 2.74. The van der Waals surface area contributed by atoms with Gasteiger partial charge in [-0.1, -0.05) is 109 Å². The van der Waals surface area contributed by atoms with Gasteiger partial charge in [0.05, 0.1) is 5.92 Å². The number of carbonyl (C=O) groups is 2. The third-order valence-electron chi connectivity index (χ3n) is 6.01. The highest BCUT2D eigenvalue weighted by Crippen LogP contribution is 2.17. The van der Waals surface area contributed by atoms with Crippen LogP contribution in [0.25, 0.3) is 0 Å². The fraction of sp³-hybridized carbons (Fsp3) is 0.852. The number of unbranched alkanes of at least 4 members (excludes halogenated alkanes) is 15. The van der Waals surface area contributed by atoms with Gasteiger partial charge in [-0.3, -0.25) is 9.59 Å². The number of hydrogen-bond donors (Lipinski definition) is 1. The molecular formula is C27H51NO3. The van der Waals surface area contributed by atoms with Crippen LogP contribution in [0.1, 0.15) is 129 Å². The Labute approximate surface area is 192 Å². The minimum Gasteiger partial charge on any atom is -0.481 e. The number of carbonyl (C=O) groups excluding carboxylic acids is 1. The zero-order valence-electron chi connectivity index (χ0n) is 20.9. The summed E-state index contributed by atoms with van der Waals surface area (Å²) in [6.07, 6.45) is 26.5. The monoisotopic (exact) mass is 437 g/mol. The lowest BCUT2D eigenvalue weighted by Crippen LogP contribution is -2.28. The van der Waals surface area contributed by atoms with E-state index in [2.05, 4.69) is 19.1 Å². The third kappa shape index (κ3) is 20.3. The third-order valence-corrected chi connectivity index (χ3v) is 6.01. The van der Waals surface area contributed by atoms with Crippen LogP contribution in [0.5, 0.6) is 0 Å². The molecule has 4 nitrogen and oxygen atoms in total. The summed E-state index contributed by atoms with van der Waals surface area (Å²) in [4.78, 5) is 24.7. The Morgan fingerprint density at radius 1 is 0.742 bits per heavy atom. The summed E-state index contributed by atoms with van der Waals surface area (Å²) >= 11 is 0. The first-order chi connectivity index (χ1) is 15.0. The molecule has 31 heavy (non-hydrogen) atoms. The summed E-state index contributed by atoms with van der Waals surface area (Å²) in [5.74, 6) is -0.579. The summed E-state index contributed by atoms with van der Waals surface area (Å²) in [5, 5.41) is 8.69. The second-order valence-corrected chi connectivity index (χ2v) is 9.29. The first-order valence-electron chi connectivity index (χ1n) is 13.1. The first-order valence-corrected chi connectivity index (χ1v) is 13.1. The summed E-state index contributed by atoms with van der Waals surface area (Å²) in [6.45, 7) is 2.27. The van der Waals surface area contributed by atoms with Crippen molar-refractivity contribution in [2.75, 3.05) is 14.1 Å². The topological polar surface area (TPSA) is 57.6 Å². The molecule has 0 aliphatic rings. The Morgan fingerprint density at radius 3 is 1.74 bits per heavy atom. The van der Waals surface area contributed by atoms with E-state index in [-0.39, 0.29) is 18.2 Å². The maximum absolute atomic E-state index is 12.4. The minimum absolute atomic E-state index is 0.0354. The Bertz CT molecular complexity index is 459. The van der Waals surface area contributed by atoms with E-state index in [4.69, 9.17) is 5.11 Å². The van der Waals surface area contributed by atoms with Crippen LogP contribution in [0, 0.1) is 5.92 Å². The molecule has 0 aromatic rings. The van der Waals surface area contributed by atoms with E-state index >= 15 is 0 Å². The van der Waals surface area contributed by atoms with Crippen LogP contribution in [0.3, 0.4) is 0 Å². The lowest BCUT2D eigenvalue weighted by atomic mass is 9.97. The number of hydrogen-bond acceptors (Lipinski definition) is 2. The van der Waals surface area contributed by atoms with E-state index in [9.17, 15) is 9.59 Å². The number of allylic oxidation sites excluding steroid dienone is 1. The molecule has 0 heterocycles. The molecule has 0 aromatic heterocycles. The van der Waals surface area contributed by atoms with Gasteiger partial charge in [-0.15, -0.1) is 0 Å². The van der Waals surface area contributed by atoms with Crippen LogP contribution >= 0.6 is 0 Å². The molecule has 0 spiro atoms. The largest absolute Gasteiger partial charge is 0.481 e. The fourth-order valence-electron chi connectivity index (χ4n) is 3.99. The Balaban J connectivity index is 3.80. The Kier molecular flexibility index (Phi) is 21.0. The molecule has 1 unspecified atom stereocenters. The highest BCUT2D eigenvalue weighted by atomic mass is 16.4. The van der Waals surface area contributed by atoms with Crippen LogP contribution in [-0.4, -0.2) is 36.0 Å². The highest BCUT2D eigenvalue weighted by Gasteiger charge is 2.16. The van der Waals surface area contributed by atoms with E-state index in [0.29, 0.717) is 0 Å². The quantitative estimate of drug-likeness (QED) is 0.139. The van der Waals surface area contributed by atoms with Crippen molar-refractivity contribution in [1.29, 1.82) is 0 Å². The van der Waals surface area contributed by atoms with Crippen LogP contribution < -0.4 is 0 Å². The zero-order chi connectivity index (χ0) is 23.2. The van der Waals surface area contributed by atoms with E-state index < -0.39 is 5.97 Å². The molecule has 0 saturated carbocycles. The lowest BCUT2D eigenvalue weighted by molar-refractivity contribution is -0.137. The molecule has 1 atom stereocenters. The lowest BCUT2D eigenvalue weighted by Gasteiger charge is -2.17. The highest BCUT2D eigenvalue weighted by molar-refractivity contribution is 5.80. The zero-order valence-corrected chi connectivity index (χ0v) is 20.9. The molecule has 0 bridgehead atoms. The van der Waals surface area contributed by atoms with E-state index in [1.807, 2.05) is 14.1 Å². The molecule has 0 aromatic carbocycles. The minimum atomic E-state index is -0.721. The molecule has 4 heteroatoms. The van der Waals surface area contributed by atoms with Crippen molar-refractivity contribution in [2.24, 2.45) is 5.92 Å². The van der Waals surface area contributed by atoms with Crippen LogP contribution in [-0.2, 0) is 9.59 Å². The van der Waals surface area contributed by atoms with Crippen molar-refractivity contribution in [1.82, 2.24) is 4.90 Å². The van der Waals surface area contributed by atoms with Crippen molar-refractivity contribution in [3.8, 4) is 0 Å². The van der Waals surface area contributed by atoms with Gasteiger partial charge < -0.3 is 10.0 Å². The van der Waals surface area contributed by atoms with Crippen molar-refractivity contribution >= 4 is 11.9 Å². The average molecular weight is 438 g/mol. The van der Waals surface area contributed by atoms with Crippen molar-refractivity contribution in [3.63, 3.8) is 0 Å². The Hall–Kier alpha value is -1.32. The van der Waals surface area contributed by atoms with Gasteiger partial charge in [-0.05, 0) is 25.7 Å². The van der Waals surface area contributed by atoms with Crippen LogP contribution in [0.4, 0.5) is 0 Å². The number of carboxylic acids is 1. The SMILES string of the molecule is CCCCCCCCCCCCCC/C=C\C(CCCCCCC(=O)O)C(=O)N(C)C. The maximum Gasteiger partial charge on any atom is 0.303 e. The molecule has 0 radical (unpaired) electrons. The van der Waals surface area contributed by atoms with Crippen molar-refractivity contribution in [2.45, 2.75) is 129 Å². The summed E-state index contributed by atoms with van der Waals surface area (Å²) in [7, 11) is 3.64. The normalized spacial score (nSPS) is 12.4. The second kappa shape index (κ2) is 21.9. The van der Waals surface area contributed by atoms with Gasteiger partial charge >= 0.3 is 5.97 Å². The van der Waals surface area contributed by atoms with Crippen LogP contribution in [0.2, 0.25) is 0 Å². The predicted molar refractivity (Wildman–Crippen MR) is 132 cm³/mol. The molecule has 1 amide bonds. The van der Waals surface area contributed by atoms with Gasteiger partial charge in [0.1, 0.15) is 0 Å². The van der Waals surface area contributed by atoms with Gasteiger partial charge in [0.15, 0.2) is 0 Å².